The summed E-state index contributed by atoms with van der Waals surface area (Å²) in [5.74, 6) is 1.85. The van der Waals surface area contributed by atoms with Crippen LogP contribution in [0.3, 0.4) is 0 Å². The van der Waals surface area contributed by atoms with Crippen molar-refractivity contribution in [2.75, 3.05) is 12.1 Å². The van der Waals surface area contributed by atoms with Gasteiger partial charge in [-0.3, -0.25) is 9.89 Å². The Bertz CT molecular complexity index is 971. The molecule has 1 aliphatic rings. The molecular weight excluding hydrogens is 364 g/mol. The molecule has 4 rings (SSSR count). The highest BCUT2D eigenvalue weighted by atomic mass is 32.2. The number of aromatic nitrogens is 3. The van der Waals surface area contributed by atoms with Crippen molar-refractivity contribution in [2.45, 2.75) is 24.3 Å². The molecule has 0 aliphatic carbocycles. The van der Waals surface area contributed by atoms with Gasteiger partial charge in [-0.05, 0) is 26.0 Å². The Morgan fingerprint density at radius 2 is 1.96 bits per heavy atom. The Morgan fingerprint density at radius 1 is 1.19 bits per heavy atom. The van der Waals surface area contributed by atoms with Gasteiger partial charge in [-0.25, -0.2) is 4.98 Å². The van der Waals surface area contributed by atoms with Crippen molar-refractivity contribution in [3.05, 3.63) is 48.0 Å². The van der Waals surface area contributed by atoms with Crippen molar-refractivity contribution >= 4 is 23.4 Å². The second-order valence-electron chi connectivity index (χ2n) is 6.15. The molecule has 2 N–H and O–H groups in total. The van der Waals surface area contributed by atoms with Crippen molar-refractivity contribution in [3.63, 3.8) is 0 Å². The lowest BCUT2D eigenvalue weighted by molar-refractivity contribution is -0.115. The first-order valence-electron chi connectivity index (χ1n) is 8.45. The number of thioether (sulfide) groups is 1. The van der Waals surface area contributed by atoms with Crippen molar-refractivity contribution in [3.8, 4) is 22.9 Å². The van der Waals surface area contributed by atoms with Crippen molar-refractivity contribution in [2.24, 2.45) is 0 Å². The van der Waals surface area contributed by atoms with Crippen molar-refractivity contribution in [1.29, 1.82) is 0 Å². The highest BCUT2D eigenvalue weighted by molar-refractivity contribution is 8.00. The van der Waals surface area contributed by atoms with Crippen LogP contribution < -0.4 is 14.8 Å². The third-order valence-electron chi connectivity index (χ3n) is 4.08. The predicted octanol–water partition coefficient (Wildman–Crippen LogP) is 3.63. The average Bonchev–Trinajstić information content (AvgIpc) is 3.31. The summed E-state index contributed by atoms with van der Waals surface area (Å²) in [6.07, 6.45) is 0. The topological polar surface area (TPSA) is 89.1 Å². The van der Waals surface area contributed by atoms with Gasteiger partial charge in [-0.2, -0.15) is 0 Å². The number of rotatable bonds is 5. The molecular formula is C19H18N4O3S. The van der Waals surface area contributed by atoms with Crippen LogP contribution >= 0.6 is 11.8 Å². The highest BCUT2D eigenvalue weighted by Gasteiger charge is 2.19. The molecule has 7 nitrogen and oxygen atoms in total. The number of carbonyl (C=O) groups is 1. The van der Waals surface area contributed by atoms with Gasteiger partial charge in [0.15, 0.2) is 17.3 Å². The van der Waals surface area contributed by atoms with E-state index in [1.54, 1.807) is 18.2 Å². The number of benzene rings is 2. The van der Waals surface area contributed by atoms with Crippen molar-refractivity contribution < 1.29 is 14.3 Å². The van der Waals surface area contributed by atoms with E-state index >= 15 is 0 Å². The maximum absolute atomic E-state index is 12.5. The van der Waals surface area contributed by atoms with E-state index in [0.717, 1.165) is 5.56 Å². The molecule has 2 aromatic carbocycles. The Kier molecular flexibility index (Phi) is 4.72. The minimum absolute atomic E-state index is 0.138. The lowest BCUT2D eigenvalue weighted by Gasteiger charge is -2.10. The molecule has 0 spiro atoms. The van der Waals surface area contributed by atoms with Crippen LogP contribution in [0.25, 0.3) is 11.4 Å². The minimum atomic E-state index is -0.364. The lowest BCUT2D eigenvalue weighted by Crippen LogP contribution is -2.22. The first-order valence-corrected chi connectivity index (χ1v) is 9.33. The van der Waals surface area contributed by atoms with Crippen LogP contribution in [0.1, 0.15) is 12.5 Å². The molecule has 0 saturated heterocycles. The Balaban J connectivity index is 1.39. The average molecular weight is 382 g/mol. The zero-order valence-electron chi connectivity index (χ0n) is 14.9. The van der Waals surface area contributed by atoms with E-state index in [1.807, 2.05) is 38.1 Å². The van der Waals surface area contributed by atoms with Gasteiger partial charge < -0.3 is 14.8 Å². The first kappa shape index (κ1) is 17.4. The molecule has 1 aliphatic heterocycles. The van der Waals surface area contributed by atoms with Crippen LogP contribution in [0.15, 0.2) is 47.6 Å². The number of hydrogen-bond acceptors (Lipinski definition) is 6. The number of amides is 1. The summed E-state index contributed by atoms with van der Waals surface area (Å²) in [4.78, 5) is 16.9. The molecule has 1 aromatic heterocycles. The highest BCUT2D eigenvalue weighted by Crippen LogP contribution is 2.34. The summed E-state index contributed by atoms with van der Waals surface area (Å²) >= 11 is 1.29. The smallest absolute Gasteiger partial charge is 0.237 e. The Hall–Kier alpha value is -3.00. The molecule has 8 heteroatoms. The number of fused-ring (bicyclic) bond motifs is 1. The van der Waals surface area contributed by atoms with Gasteiger partial charge >= 0.3 is 0 Å². The molecule has 27 heavy (non-hydrogen) atoms. The number of aromatic amines is 1. The van der Waals surface area contributed by atoms with E-state index in [-0.39, 0.29) is 18.0 Å². The summed E-state index contributed by atoms with van der Waals surface area (Å²) in [6, 6.07) is 13.3. The van der Waals surface area contributed by atoms with Gasteiger partial charge in [0.05, 0.1) is 5.25 Å². The normalized spacial score (nSPS) is 13.4. The number of aryl methyl sites for hydroxylation is 1. The third-order valence-corrected chi connectivity index (χ3v) is 5.04. The lowest BCUT2D eigenvalue weighted by atomic mass is 10.1. The van der Waals surface area contributed by atoms with Crippen LogP contribution in [0.4, 0.5) is 5.69 Å². The van der Waals surface area contributed by atoms with Gasteiger partial charge in [0.2, 0.25) is 17.9 Å². The van der Waals surface area contributed by atoms with Gasteiger partial charge in [0, 0.05) is 17.3 Å². The number of ether oxygens (including phenoxy) is 2. The summed E-state index contributed by atoms with van der Waals surface area (Å²) in [5, 5.41) is 10.2. The quantitative estimate of drug-likeness (QED) is 0.655. The first-order chi connectivity index (χ1) is 13.1. The fraction of sp³-hybridized carbons (Fsp3) is 0.211. The second-order valence-corrected chi connectivity index (χ2v) is 7.46. The third kappa shape index (κ3) is 3.90. The van der Waals surface area contributed by atoms with Crippen LogP contribution in [-0.4, -0.2) is 33.1 Å². The molecule has 3 aromatic rings. The largest absolute Gasteiger partial charge is 0.454 e. The monoisotopic (exact) mass is 382 g/mol. The molecule has 0 bridgehead atoms. The summed E-state index contributed by atoms with van der Waals surface area (Å²) in [5.41, 5.74) is 2.80. The molecule has 0 saturated carbocycles. The maximum atomic E-state index is 12.5. The predicted molar refractivity (Wildman–Crippen MR) is 103 cm³/mol. The van der Waals surface area contributed by atoms with Gasteiger partial charge in [-0.1, -0.05) is 41.6 Å². The molecule has 0 unspecified atom stereocenters. The van der Waals surface area contributed by atoms with E-state index in [4.69, 9.17) is 9.47 Å². The Morgan fingerprint density at radius 3 is 2.78 bits per heavy atom. The van der Waals surface area contributed by atoms with E-state index in [0.29, 0.717) is 28.2 Å². The van der Waals surface area contributed by atoms with Gasteiger partial charge in [-0.15, -0.1) is 5.10 Å². The van der Waals surface area contributed by atoms with Crippen LogP contribution in [-0.2, 0) is 4.79 Å². The SMILES string of the molecule is Cc1ccc(-c2nc(S[C@H](C)C(=O)Nc3ccc4c(c3)OCO4)n[nH]2)cc1. The molecule has 2 heterocycles. The minimum Gasteiger partial charge on any atom is -0.454 e. The molecule has 0 fully saturated rings. The summed E-state index contributed by atoms with van der Waals surface area (Å²) < 4.78 is 10.6. The second kappa shape index (κ2) is 7.32. The number of anilines is 1. The van der Waals surface area contributed by atoms with E-state index in [9.17, 15) is 4.79 Å². The summed E-state index contributed by atoms with van der Waals surface area (Å²) in [6.45, 7) is 4.05. The van der Waals surface area contributed by atoms with Gasteiger partial charge in [0.25, 0.3) is 0 Å². The standard InChI is InChI=1S/C19H18N4O3S/c1-11-3-5-13(6-4-11)17-21-19(23-22-17)27-12(2)18(24)20-14-7-8-15-16(9-14)26-10-25-15/h3-9,12H,10H2,1-2H3,(H,20,24)(H,21,22,23)/t12-/m1/s1. The number of nitrogens with zero attached hydrogens (tertiary/aromatic N) is 2. The molecule has 0 radical (unpaired) electrons. The maximum Gasteiger partial charge on any atom is 0.237 e. The zero-order chi connectivity index (χ0) is 18.8. The fourth-order valence-electron chi connectivity index (χ4n) is 2.57. The molecule has 138 valence electrons. The van der Waals surface area contributed by atoms with Crippen LogP contribution in [0.2, 0.25) is 0 Å². The molecule has 1 amide bonds. The number of H-pyrrole nitrogens is 1. The fourth-order valence-corrected chi connectivity index (χ4v) is 3.29. The van der Waals surface area contributed by atoms with Gasteiger partial charge in [0.1, 0.15) is 0 Å². The Labute approximate surface area is 160 Å². The van der Waals surface area contributed by atoms with E-state index < -0.39 is 0 Å². The van der Waals surface area contributed by atoms with E-state index in [2.05, 4.69) is 20.5 Å². The van der Waals surface area contributed by atoms with Crippen molar-refractivity contribution in [1.82, 2.24) is 15.2 Å². The number of nitrogens with one attached hydrogen (secondary N) is 2. The zero-order valence-corrected chi connectivity index (χ0v) is 15.7. The number of carbonyl (C=O) groups excluding carboxylic acids is 1. The van der Waals surface area contributed by atoms with Crippen LogP contribution in [0, 0.1) is 6.92 Å². The molecule has 1 atom stereocenters. The number of hydrogen-bond donors (Lipinski definition) is 2. The summed E-state index contributed by atoms with van der Waals surface area (Å²) in [7, 11) is 0. The van der Waals surface area contributed by atoms with Crippen LogP contribution in [0.5, 0.6) is 11.5 Å². The van der Waals surface area contributed by atoms with E-state index in [1.165, 1.54) is 17.3 Å².